The molecule has 0 fully saturated rings. The van der Waals surface area contributed by atoms with Crippen LogP contribution in [0.5, 0.6) is 0 Å². The minimum absolute atomic E-state index is 0.0805. The van der Waals surface area contributed by atoms with Crippen LogP contribution in [0.2, 0.25) is 5.02 Å². The lowest BCUT2D eigenvalue weighted by Gasteiger charge is -2.06. The van der Waals surface area contributed by atoms with Crippen molar-refractivity contribution < 1.29 is 9.59 Å². The maximum atomic E-state index is 11.8. The molecule has 0 saturated heterocycles. The number of amides is 1. The molecule has 2 aromatic carbocycles. The third-order valence-electron chi connectivity index (χ3n) is 2.58. The van der Waals surface area contributed by atoms with E-state index in [-0.39, 0.29) is 6.42 Å². The fraction of sp³-hybridized carbons (Fsp3) is 0.0667. The summed E-state index contributed by atoms with van der Waals surface area (Å²) in [6.45, 7) is 0. The second-order valence-electron chi connectivity index (χ2n) is 4.02. The summed E-state index contributed by atoms with van der Waals surface area (Å²) in [6, 6.07) is 15.9. The van der Waals surface area contributed by atoms with Gasteiger partial charge < -0.3 is 5.32 Å². The maximum absolute atomic E-state index is 11.8. The first kappa shape index (κ1) is 13.3. The van der Waals surface area contributed by atoms with E-state index in [1.165, 1.54) is 0 Å². The van der Waals surface area contributed by atoms with Gasteiger partial charge in [0.1, 0.15) is 0 Å². The molecule has 2 rings (SSSR count). The van der Waals surface area contributed by atoms with Crippen LogP contribution in [0.15, 0.2) is 54.6 Å². The van der Waals surface area contributed by atoms with Gasteiger partial charge >= 0.3 is 0 Å². The number of carbonyl (C=O) groups is 2. The van der Waals surface area contributed by atoms with Crippen molar-refractivity contribution >= 4 is 29.0 Å². The monoisotopic (exact) mass is 273 g/mol. The molecule has 0 aliphatic rings. The second kappa shape index (κ2) is 6.16. The summed E-state index contributed by atoms with van der Waals surface area (Å²) in [7, 11) is 0. The van der Waals surface area contributed by atoms with Gasteiger partial charge in [0.2, 0.25) is 5.78 Å². The highest BCUT2D eigenvalue weighted by molar-refractivity contribution is 6.42. The third kappa shape index (κ3) is 3.66. The molecule has 4 heteroatoms. The lowest BCUT2D eigenvalue weighted by atomic mass is 10.1. The Morgan fingerprint density at radius 1 is 0.947 bits per heavy atom. The van der Waals surface area contributed by atoms with Gasteiger partial charge in [-0.15, -0.1) is 0 Å². The highest BCUT2D eigenvalue weighted by atomic mass is 35.5. The van der Waals surface area contributed by atoms with Gasteiger partial charge in [0.05, 0.1) is 10.7 Å². The van der Waals surface area contributed by atoms with E-state index in [9.17, 15) is 9.59 Å². The summed E-state index contributed by atoms with van der Waals surface area (Å²) in [5.41, 5.74) is 1.25. The molecule has 0 saturated carbocycles. The number of benzene rings is 2. The molecule has 0 heterocycles. The molecule has 0 aliphatic carbocycles. The van der Waals surface area contributed by atoms with Crippen LogP contribution in [0.25, 0.3) is 0 Å². The first-order valence-corrected chi connectivity index (χ1v) is 6.17. The zero-order valence-corrected chi connectivity index (χ0v) is 10.9. The van der Waals surface area contributed by atoms with Crippen molar-refractivity contribution in [3.63, 3.8) is 0 Å². The molecule has 1 amide bonds. The average Bonchev–Trinajstić information content (AvgIpc) is 2.42. The van der Waals surface area contributed by atoms with Crippen LogP contribution < -0.4 is 5.32 Å². The fourth-order valence-corrected chi connectivity index (χ4v) is 1.80. The van der Waals surface area contributed by atoms with Crippen LogP contribution in [0, 0.1) is 0 Å². The molecule has 3 nitrogen and oxygen atoms in total. The van der Waals surface area contributed by atoms with E-state index in [4.69, 9.17) is 11.6 Å². The number of anilines is 1. The molecule has 0 radical (unpaired) electrons. The summed E-state index contributed by atoms with van der Waals surface area (Å²) in [6.07, 6.45) is 0.0805. The maximum Gasteiger partial charge on any atom is 0.292 e. The predicted octanol–water partition coefficient (Wildman–Crippen LogP) is 3.09. The molecule has 0 aliphatic heterocycles. The Bertz CT molecular complexity index is 596. The van der Waals surface area contributed by atoms with Gasteiger partial charge in [-0.25, -0.2) is 0 Å². The molecule has 0 unspecified atom stereocenters. The summed E-state index contributed by atoms with van der Waals surface area (Å²) in [5, 5.41) is 2.92. The van der Waals surface area contributed by atoms with Crippen molar-refractivity contribution in [2.75, 3.05) is 5.32 Å². The number of halogens is 1. The highest BCUT2D eigenvalue weighted by Gasteiger charge is 2.15. The number of ketones is 1. The van der Waals surface area contributed by atoms with Crippen LogP contribution in [-0.2, 0) is 16.0 Å². The Morgan fingerprint density at radius 3 is 2.26 bits per heavy atom. The van der Waals surface area contributed by atoms with E-state index >= 15 is 0 Å². The first-order valence-electron chi connectivity index (χ1n) is 5.79. The highest BCUT2D eigenvalue weighted by Crippen LogP contribution is 2.20. The summed E-state index contributed by atoms with van der Waals surface area (Å²) in [5.74, 6) is -1.15. The van der Waals surface area contributed by atoms with Crippen LogP contribution in [-0.4, -0.2) is 11.7 Å². The number of Topliss-reactive ketones (excluding diaryl/α,β-unsaturated/α-hetero) is 1. The minimum Gasteiger partial charge on any atom is -0.318 e. The zero-order chi connectivity index (χ0) is 13.7. The van der Waals surface area contributed by atoms with E-state index in [1.54, 1.807) is 36.4 Å². The van der Waals surface area contributed by atoms with Crippen LogP contribution >= 0.6 is 11.6 Å². The molecular weight excluding hydrogens is 262 g/mol. The fourth-order valence-electron chi connectivity index (χ4n) is 1.62. The molecule has 96 valence electrons. The van der Waals surface area contributed by atoms with E-state index in [0.717, 1.165) is 5.56 Å². The Balaban J connectivity index is 2.01. The van der Waals surface area contributed by atoms with Crippen molar-refractivity contribution in [2.24, 2.45) is 0 Å². The second-order valence-corrected chi connectivity index (χ2v) is 4.43. The van der Waals surface area contributed by atoms with Crippen molar-refractivity contribution in [3.8, 4) is 0 Å². The number of para-hydroxylation sites is 1. The Hall–Kier alpha value is -2.13. The molecule has 0 aromatic heterocycles. The number of nitrogens with one attached hydrogen (secondary N) is 1. The Morgan fingerprint density at radius 2 is 1.58 bits per heavy atom. The summed E-state index contributed by atoms with van der Waals surface area (Å²) < 4.78 is 0. The van der Waals surface area contributed by atoms with Crippen molar-refractivity contribution in [1.82, 2.24) is 0 Å². The van der Waals surface area contributed by atoms with Gasteiger partial charge in [0.25, 0.3) is 5.91 Å². The summed E-state index contributed by atoms with van der Waals surface area (Å²) in [4.78, 5) is 23.5. The van der Waals surface area contributed by atoms with E-state index in [2.05, 4.69) is 5.32 Å². The van der Waals surface area contributed by atoms with Gasteiger partial charge in [0.15, 0.2) is 0 Å². The van der Waals surface area contributed by atoms with Crippen LogP contribution in [0.1, 0.15) is 5.56 Å². The lowest BCUT2D eigenvalue weighted by Crippen LogP contribution is -2.24. The minimum atomic E-state index is -0.656. The van der Waals surface area contributed by atoms with E-state index < -0.39 is 11.7 Å². The average molecular weight is 274 g/mol. The number of hydrogen-bond donors (Lipinski definition) is 1. The Labute approximate surface area is 116 Å². The van der Waals surface area contributed by atoms with E-state index in [1.807, 2.05) is 18.2 Å². The van der Waals surface area contributed by atoms with Crippen molar-refractivity contribution in [3.05, 3.63) is 65.2 Å². The third-order valence-corrected chi connectivity index (χ3v) is 2.91. The molecule has 1 N–H and O–H groups in total. The quantitative estimate of drug-likeness (QED) is 0.870. The van der Waals surface area contributed by atoms with Gasteiger partial charge in [0, 0.05) is 6.42 Å². The number of rotatable bonds is 4. The van der Waals surface area contributed by atoms with Crippen LogP contribution in [0.4, 0.5) is 5.69 Å². The lowest BCUT2D eigenvalue weighted by molar-refractivity contribution is -0.134. The topological polar surface area (TPSA) is 46.2 Å². The standard InChI is InChI=1S/C15H12ClNO2/c16-12-8-4-5-9-13(12)17-15(19)14(18)10-11-6-2-1-3-7-11/h1-9H,10H2,(H,17,19). The number of hydrogen-bond acceptors (Lipinski definition) is 2. The van der Waals surface area contributed by atoms with Gasteiger partial charge in [-0.05, 0) is 17.7 Å². The van der Waals surface area contributed by atoms with Gasteiger partial charge in [-0.1, -0.05) is 54.1 Å². The van der Waals surface area contributed by atoms with Gasteiger partial charge in [-0.2, -0.15) is 0 Å². The van der Waals surface area contributed by atoms with Crippen molar-refractivity contribution in [1.29, 1.82) is 0 Å². The number of carbonyl (C=O) groups excluding carboxylic acids is 2. The molecule has 0 atom stereocenters. The first-order chi connectivity index (χ1) is 9.16. The smallest absolute Gasteiger partial charge is 0.292 e. The van der Waals surface area contributed by atoms with Crippen LogP contribution in [0.3, 0.4) is 0 Å². The summed E-state index contributed by atoms with van der Waals surface area (Å²) >= 11 is 5.91. The zero-order valence-electron chi connectivity index (χ0n) is 10.1. The van der Waals surface area contributed by atoms with Crippen molar-refractivity contribution in [2.45, 2.75) is 6.42 Å². The normalized spacial score (nSPS) is 9.95. The largest absolute Gasteiger partial charge is 0.318 e. The molecular formula is C15H12ClNO2. The SMILES string of the molecule is O=C(Cc1ccccc1)C(=O)Nc1ccccc1Cl. The van der Waals surface area contributed by atoms with Gasteiger partial charge in [-0.3, -0.25) is 9.59 Å². The van der Waals surface area contributed by atoms with E-state index in [0.29, 0.717) is 10.7 Å². The molecule has 0 spiro atoms. The molecule has 0 bridgehead atoms. The Kier molecular flexibility index (Phi) is 4.31. The molecule has 2 aromatic rings. The predicted molar refractivity (Wildman–Crippen MR) is 75.2 cm³/mol. The molecule has 19 heavy (non-hydrogen) atoms.